The molecule has 0 spiro atoms. The quantitative estimate of drug-likeness (QED) is 0.858. The van der Waals surface area contributed by atoms with E-state index in [9.17, 15) is 13.2 Å². The zero-order valence-corrected chi connectivity index (χ0v) is 16.6. The van der Waals surface area contributed by atoms with Crippen molar-refractivity contribution < 1.29 is 13.2 Å². The summed E-state index contributed by atoms with van der Waals surface area (Å²) in [5.41, 5.74) is 2.21. The van der Waals surface area contributed by atoms with E-state index in [1.807, 2.05) is 38.1 Å². The SMILES string of the molecule is Cc1ccc([C@@H](C)NC(=O)[C@H]2CCCN(S(=O)(=O)c3ccccc3)C2)cc1. The topological polar surface area (TPSA) is 66.5 Å². The fourth-order valence-electron chi connectivity index (χ4n) is 3.39. The van der Waals surface area contributed by atoms with Crippen molar-refractivity contribution in [3.63, 3.8) is 0 Å². The van der Waals surface area contributed by atoms with Gasteiger partial charge in [0.25, 0.3) is 0 Å². The number of carbonyl (C=O) groups excluding carboxylic acids is 1. The van der Waals surface area contributed by atoms with E-state index >= 15 is 0 Å². The summed E-state index contributed by atoms with van der Waals surface area (Å²) in [6.45, 7) is 4.65. The molecule has 5 nitrogen and oxygen atoms in total. The van der Waals surface area contributed by atoms with Crippen molar-refractivity contribution >= 4 is 15.9 Å². The zero-order valence-electron chi connectivity index (χ0n) is 15.8. The largest absolute Gasteiger partial charge is 0.349 e. The minimum Gasteiger partial charge on any atom is -0.349 e. The first-order chi connectivity index (χ1) is 12.9. The summed E-state index contributed by atoms with van der Waals surface area (Å²) in [5.74, 6) is -0.416. The van der Waals surface area contributed by atoms with Crippen LogP contribution >= 0.6 is 0 Å². The van der Waals surface area contributed by atoms with Gasteiger partial charge in [0.1, 0.15) is 0 Å². The number of benzene rings is 2. The number of amides is 1. The molecule has 27 heavy (non-hydrogen) atoms. The standard InChI is InChI=1S/C21H26N2O3S/c1-16-10-12-18(13-11-16)17(2)22-21(24)19-7-6-14-23(15-19)27(25,26)20-8-4-3-5-9-20/h3-5,8-13,17,19H,6-7,14-15H2,1-2H3,(H,22,24)/t17-,19+/m1/s1. The first kappa shape index (κ1) is 19.6. The Bertz CT molecular complexity index is 879. The van der Waals surface area contributed by atoms with Gasteiger partial charge in [-0.05, 0) is 44.4 Å². The Morgan fingerprint density at radius 1 is 1.11 bits per heavy atom. The molecule has 1 heterocycles. The first-order valence-corrected chi connectivity index (χ1v) is 10.7. The summed E-state index contributed by atoms with van der Waals surface area (Å²) in [6.07, 6.45) is 1.39. The molecule has 0 aromatic heterocycles. The highest BCUT2D eigenvalue weighted by atomic mass is 32.2. The summed E-state index contributed by atoms with van der Waals surface area (Å²) in [5, 5.41) is 3.04. The Hall–Kier alpha value is -2.18. The minimum absolute atomic E-state index is 0.0870. The van der Waals surface area contributed by atoms with Gasteiger partial charge in [0.05, 0.1) is 16.9 Å². The molecule has 1 N–H and O–H groups in total. The third kappa shape index (κ3) is 4.57. The highest BCUT2D eigenvalue weighted by molar-refractivity contribution is 7.89. The maximum Gasteiger partial charge on any atom is 0.243 e. The molecule has 2 aromatic carbocycles. The number of hydrogen-bond donors (Lipinski definition) is 1. The van der Waals surface area contributed by atoms with Crippen molar-refractivity contribution in [1.29, 1.82) is 0 Å². The smallest absolute Gasteiger partial charge is 0.243 e. The van der Waals surface area contributed by atoms with Crippen molar-refractivity contribution in [2.24, 2.45) is 5.92 Å². The van der Waals surface area contributed by atoms with Gasteiger partial charge in [0.2, 0.25) is 15.9 Å². The second-order valence-electron chi connectivity index (χ2n) is 7.16. The van der Waals surface area contributed by atoms with Crippen LogP contribution in [0, 0.1) is 12.8 Å². The molecule has 2 aromatic rings. The molecule has 0 unspecified atom stereocenters. The molecule has 1 aliphatic heterocycles. The summed E-state index contributed by atoms with van der Waals surface area (Å²) < 4.78 is 27.1. The number of carbonyl (C=O) groups is 1. The number of aryl methyl sites for hydroxylation is 1. The molecule has 1 amide bonds. The van der Waals surface area contributed by atoms with Crippen LogP contribution in [-0.4, -0.2) is 31.7 Å². The number of nitrogens with one attached hydrogen (secondary N) is 1. The molecule has 0 radical (unpaired) electrons. The molecule has 1 fully saturated rings. The Kier molecular flexibility index (Phi) is 5.97. The predicted octanol–water partition coefficient (Wildman–Crippen LogP) is 3.27. The van der Waals surface area contributed by atoms with Gasteiger partial charge in [0, 0.05) is 13.1 Å². The second kappa shape index (κ2) is 8.23. The maximum atomic E-state index is 12.8. The summed E-state index contributed by atoms with van der Waals surface area (Å²) in [7, 11) is -3.56. The van der Waals surface area contributed by atoms with Crippen molar-refractivity contribution in [2.75, 3.05) is 13.1 Å². The highest BCUT2D eigenvalue weighted by Crippen LogP contribution is 2.24. The lowest BCUT2D eigenvalue weighted by molar-refractivity contribution is -0.126. The Morgan fingerprint density at radius 3 is 2.44 bits per heavy atom. The van der Waals surface area contributed by atoms with E-state index in [1.165, 1.54) is 9.87 Å². The summed E-state index contributed by atoms with van der Waals surface area (Å²) >= 11 is 0. The molecule has 0 aliphatic carbocycles. The van der Waals surface area contributed by atoms with Crippen molar-refractivity contribution in [3.05, 3.63) is 65.7 Å². The average molecular weight is 387 g/mol. The summed E-state index contributed by atoms with van der Waals surface area (Å²) in [4.78, 5) is 13.0. The van der Waals surface area contributed by atoms with Crippen LogP contribution in [-0.2, 0) is 14.8 Å². The molecule has 3 rings (SSSR count). The number of sulfonamides is 1. The van der Waals surface area contributed by atoms with E-state index in [4.69, 9.17) is 0 Å². The van der Waals surface area contributed by atoms with Crippen molar-refractivity contribution in [3.8, 4) is 0 Å². The van der Waals surface area contributed by atoms with Crippen LogP contribution < -0.4 is 5.32 Å². The fourth-order valence-corrected chi connectivity index (χ4v) is 4.93. The van der Waals surface area contributed by atoms with Gasteiger partial charge in [-0.25, -0.2) is 8.42 Å². The zero-order chi connectivity index (χ0) is 19.4. The lowest BCUT2D eigenvalue weighted by atomic mass is 9.97. The number of hydrogen-bond acceptors (Lipinski definition) is 3. The van der Waals surface area contributed by atoms with Crippen LogP contribution in [0.25, 0.3) is 0 Å². The molecule has 0 saturated carbocycles. The van der Waals surface area contributed by atoms with Crippen LogP contribution in [0.2, 0.25) is 0 Å². The van der Waals surface area contributed by atoms with E-state index in [0.717, 1.165) is 5.56 Å². The van der Waals surface area contributed by atoms with E-state index in [-0.39, 0.29) is 29.3 Å². The van der Waals surface area contributed by atoms with E-state index in [1.54, 1.807) is 30.3 Å². The van der Waals surface area contributed by atoms with Gasteiger partial charge in [0.15, 0.2) is 0 Å². The molecule has 144 valence electrons. The fraction of sp³-hybridized carbons (Fsp3) is 0.381. The van der Waals surface area contributed by atoms with Crippen LogP contribution in [0.15, 0.2) is 59.5 Å². The molecular weight excluding hydrogens is 360 g/mol. The molecule has 6 heteroatoms. The van der Waals surface area contributed by atoms with Gasteiger partial charge in [-0.3, -0.25) is 4.79 Å². The molecule has 1 aliphatic rings. The molecule has 1 saturated heterocycles. The number of rotatable bonds is 5. The predicted molar refractivity (Wildman–Crippen MR) is 106 cm³/mol. The van der Waals surface area contributed by atoms with E-state index in [0.29, 0.717) is 19.4 Å². The van der Waals surface area contributed by atoms with Gasteiger partial charge < -0.3 is 5.32 Å². The minimum atomic E-state index is -3.56. The van der Waals surface area contributed by atoms with Gasteiger partial charge in [-0.1, -0.05) is 48.0 Å². The molecule has 0 bridgehead atoms. The van der Waals surface area contributed by atoms with Gasteiger partial charge in [-0.2, -0.15) is 4.31 Å². The number of nitrogens with zero attached hydrogens (tertiary/aromatic N) is 1. The van der Waals surface area contributed by atoms with E-state index < -0.39 is 10.0 Å². The van der Waals surface area contributed by atoms with Crippen LogP contribution in [0.5, 0.6) is 0 Å². The van der Waals surface area contributed by atoms with Crippen LogP contribution in [0.3, 0.4) is 0 Å². The molecular formula is C21H26N2O3S. The van der Waals surface area contributed by atoms with E-state index in [2.05, 4.69) is 5.32 Å². The Balaban J connectivity index is 1.67. The highest BCUT2D eigenvalue weighted by Gasteiger charge is 2.33. The second-order valence-corrected chi connectivity index (χ2v) is 9.09. The van der Waals surface area contributed by atoms with Crippen molar-refractivity contribution in [1.82, 2.24) is 9.62 Å². The number of piperidine rings is 1. The maximum absolute atomic E-state index is 12.8. The Morgan fingerprint density at radius 2 is 1.78 bits per heavy atom. The van der Waals surface area contributed by atoms with Gasteiger partial charge >= 0.3 is 0 Å². The monoisotopic (exact) mass is 386 g/mol. The molecule has 2 atom stereocenters. The van der Waals surface area contributed by atoms with Crippen molar-refractivity contribution in [2.45, 2.75) is 37.6 Å². The first-order valence-electron chi connectivity index (χ1n) is 9.30. The van der Waals surface area contributed by atoms with Crippen LogP contribution in [0.1, 0.15) is 36.9 Å². The lowest BCUT2D eigenvalue weighted by Crippen LogP contribution is -2.45. The Labute approximate surface area is 161 Å². The normalized spacial score (nSPS) is 19.4. The lowest BCUT2D eigenvalue weighted by Gasteiger charge is -2.32. The summed E-state index contributed by atoms with van der Waals surface area (Å²) in [6, 6.07) is 16.4. The van der Waals surface area contributed by atoms with Crippen LogP contribution in [0.4, 0.5) is 0 Å². The van der Waals surface area contributed by atoms with Gasteiger partial charge in [-0.15, -0.1) is 0 Å². The third-order valence-electron chi connectivity index (χ3n) is 5.07. The average Bonchev–Trinajstić information content (AvgIpc) is 2.69. The third-order valence-corrected chi connectivity index (χ3v) is 6.95.